The number of hydrogen-bond acceptors (Lipinski definition) is 4. The van der Waals surface area contributed by atoms with Crippen LogP contribution in [0.15, 0.2) is 30.3 Å². The number of halogens is 5. The summed E-state index contributed by atoms with van der Waals surface area (Å²) in [6.45, 7) is 6.37. The molecule has 0 aliphatic carbocycles. The molecule has 2 aromatic rings. The quantitative estimate of drug-likeness (QED) is 0.323. The van der Waals surface area contributed by atoms with Crippen molar-refractivity contribution in [3.05, 3.63) is 61.0 Å². The second kappa shape index (κ2) is 12.6. The van der Waals surface area contributed by atoms with Crippen LogP contribution in [0.1, 0.15) is 39.7 Å². The zero-order valence-corrected chi connectivity index (χ0v) is 25.5. The molecule has 0 aliphatic heterocycles. The van der Waals surface area contributed by atoms with Crippen molar-refractivity contribution in [3.8, 4) is 0 Å². The Kier molecular flexibility index (Phi) is 10.8. The maximum atomic E-state index is 13.8. The minimum absolute atomic E-state index is 0.0224. The third-order valence-electron chi connectivity index (χ3n) is 5.21. The summed E-state index contributed by atoms with van der Waals surface area (Å²) >= 11 is 31.1. The summed E-state index contributed by atoms with van der Waals surface area (Å²) < 4.78 is 26.3. The van der Waals surface area contributed by atoms with Crippen molar-refractivity contribution in [2.45, 2.75) is 52.2 Å². The van der Waals surface area contributed by atoms with Gasteiger partial charge in [0, 0.05) is 27.7 Å². The molecule has 0 heterocycles. The third-order valence-corrected chi connectivity index (χ3v) is 8.07. The lowest BCUT2D eigenvalue weighted by Gasteiger charge is -2.35. The molecule has 204 valence electrons. The maximum absolute atomic E-state index is 13.8. The first-order valence-electron chi connectivity index (χ1n) is 11.1. The molecule has 0 spiro atoms. The van der Waals surface area contributed by atoms with Crippen molar-refractivity contribution in [2.24, 2.45) is 0 Å². The molecule has 37 heavy (non-hydrogen) atoms. The van der Waals surface area contributed by atoms with Gasteiger partial charge in [-0.25, -0.2) is 8.42 Å². The van der Waals surface area contributed by atoms with Gasteiger partial charge in [0.1, 0.15) is 12.6 Å². The van der Waals surface area contributed by atoms with Gasteiger partial charge in [0.15, 0.2) is 0 Å². The molecule has 0 radical (unpaired) electrons. The average Bonchev–Trinajstić information content (AvgIpc) is 2.74. The van der Waals surface area contributed by atoms with E-state index in [2.05, 4.69) is 5.32 Å². The van der Waals surface area contributed by atoms with E-state index in [9.17, 15) is 18.0 Å². The number of sulfonamides is 1. The number of nitrogens with zero attached hydrogens (tertiary/aromatic N) is 2. The zero-order chi connectivity index (χ0) is 28.3. The number of amides is 2. The Balaban J connectivity index is 2.59. The number of carbonyl (C=O) groups is 2. The van der Waals surface area contributed by atoms with E-state index in [1.807, 2.05) is 20.8 Å². The molecule has 2 amide bonds. The van der Waals surface area contributed by atoms with Crippen molar-refractivity contribution >= 4 is 85.5 Å². The van der Waals surface area contributed by atoms with Gasteiger partial charge in [0.2, 0.25) is 21.8 Å². The molecule has 0 saturated carbocycles. The molecule has 0 saturated heterocycles. The van der Waals surface area contributed by atoms with Crippen molar-refractivity contribution in [1.29, 1.82) is 0 Å². The van der Waals surface area contributed by atoms with Crippen LogP contribution in [0.4, 0.5) is 5.69 Å². The molecule has 1 unspecified atom stereocenters. The predicted molar refractivity (Wildman–Crippen MR) is 153 cm³/mol. The summed E-state index contributed by atoms with van der Waals surface area (Å²) in [6.07, 6.45) is 1.17. The summed E-state index contributed by atoms with van der Waals surface area (Å²) in [5, 5.41) is 3.62. The molecule has 0 bridgehead atoms. The SMILES string of the molecule is CCC(C(=O)NC(C)(C)C)N(Cc1c(Cl)cccc1Cl)C(=O)CN(c1cc(Cl)c(Cl)cc1Cl)S(C)(=O)=O. The monoisotopic (exact) mass is 629 g/mol. The van der Waals surface area contributed by atoms with Crippen LogP contribution in [-0.2, 0) is 26.2 Å². The molecule has 2 rings (SSSR count). The highest BCUT2D eigenvalue weighted by Gasteiger charge is 2.34. The number of anilines is 1. The Bertz CT molecular complexity index is 1260. The Morgan fingerprint density at radius 1 is 0.946 bits per heavy atom. The molecular weight excluding hydrogens is 604 g/mol. The first kappa shape index (κ1) is 31.8. The van der Waals surface area contributed by atoms with E-state index in [0.29, 0.717) is 15.6 Å². The van der Waals surface area contributed by atoms with Crippen LogP contribution >= 0.6 is 58.0 Å². The molecule has 0 aromatic heterocycles. The second-order valence-corrected chi connectivity index (χ2v) is 13.3. The van der Waals surface area contributed by atoms with E-state index in [-0.39, 0.29) is 33.7 Å². The number of benzene rings is 2. The molecule has 1 N–H and O–H groups in total. The number of rotatable bonds is 9. The van der Waals surface area contributed by atoms with E-state index in [1.54, 1.807) is 25.1 Å². The van der Waals surface area contributed by atoms with E-state index in [4.69, 9.17) is 58.0 Å². The fourth-order valence-corrected chi connectivity index (χ4v) is 5.59. The maximum Gasteiger partial charge on any atom is 0.244 e. The Morgan fingerprint density at radius 3 is 1.97 bits per heavy atom. The first-order valence-corrected chi connectivity index (χ1v) is 14.9. The number of nitrogens with one attached hydrogen (secondary N) is 1. The van der Waals surface area contributed by atoms with Gasteiger partial charge in [-0.2, -0.15) is 0 Å². The summed E-state index contributed by atoms with van der Waals surface area (Å²) in [5.74, 6) is -1.09. The van der Waals surface area contributed by atoms with E-state index < -0.39 is 40.0 Å². The van der Waals surface area contributed by atoms with Crippen LogP contribution < -0.4 is 9.62 Å². The lowest BCUT2D eigenvalue weighted by molar-refractivity contribution is -0.141. The standard InChI is InChI=1S/C24H28Cl5N3O4S/c1-6-20(23(34)30-24(2,3)4)31(12-14-15(25)8-7-9-16(14)26)22(33)13-32(37(5,35)36)21-11-18(28)17(27)10-19(21)29/h7-11,20H,6,12-13H2,1-5H3,(H,30,34). The summed E-state index contributed by atoms with van der Waals surface area (Å²) in [4.78, 5) is 28.3. The lowest BCUT2D eigenvalue weighted by Crippen LogP contribution is -2.55. The van der Waals surface area contributed by atoms with Gasteiger partial charge in [-0.15, -0.1) is 0 Å². The van der Waals surface area contributed by atoms with Gasteiger partial charge in [0.05, 0.1) is 27.0 Å². The molecule has 1 atom stereocenters. The molecule has 7 nitrogen and oxygen atoms in total. The molecule has 13 heteroatoms. The summed E-state index contributed by atoms with van der Waals surface area (Å²) in [5.41, 5.74) is -0.192. The van der Waals surface area contributed by atoms with E-state index in [0.717, 1.165) is 10.6 Å². The number of hydrogen-bond donors (Lipinski definition) is 1. The molecule has 0 aliphatic rings. The topological polar surface area (TPSA) is 86.8 Å². The summed E-state index contributed by atoms with van der Waals surface area (Å²) in [7, 11) is -4.02. The zero-order valence-electron chi connectivity index (χ0n) is 20.9. The van der Waals surface area contributed by atoms with Gasteiger partial charge < -0.3 is 10.2 Å². The van der Waals surface area contributed by atoms with E-state index in [1.165, 1.54) is 17.0 Å². The lowest BCUT2D eigenvalue weighted by atomic mass is 10.1. The van der Waals surface area contributed by atoms with Crippen molar-refractivity contribution < 1.29 is 18.0 Å². The normalized spacial score (nSPS) is 12.7. The van der Waals surface area contributed by atoms with Crippen LogP contribution in [0.3, 0.4) is 0 Å². The van der Waals surface area contributed by atoms with Crippen molar-refractivity contribution in [2.75, 3.05) is 17.1 Å². The van der Waals surface area contributed by atoms with Gasteiger partial charge in [-0.05, 0) is 51.5 Å². The van der Waals surface area contributed by atoms with Gasteiger partial charge in [-0.3, -0.25) is 13.9 Å². The van der Waals surface area contributed by atoms with Crippen LogP contribution in [0, 0.1) is 0 Å². The fraction of sp³-hybridized carbons (Fsp3) is 0.417. The molecule has 2 aromatic carbocycles. The highest BCUT2D eigenvalue weighted by molar-refractivity contribution is 7.92. The third kappa shape index (κ3) is 8.53. The van der Waals surface area contributed by atoms with Gasteiger partial charge in [0.25, 0.3) is 0 Å². The van der Waals surface area contributed by atoms with Crippen LogP contribution in [-0.4, -0.2) is 49.5 Å². The Hall–Kier alpha value is -1.42. The first-order chi connectivity index (χ1) is 17.0. The smallest absolute Gasteiger partial charge is 0.244 e. The highest BCUT2D eigenvalue weighted by Crippen LogP contribution is 2.36. The molecule has 0 fully saturated rings. The van der Waals surface area contributed by atoms with Crippen LogP contribution in [0.5, 0.6) is 0 Å². The predicted octanol–water partition coefficient (Wildman–Crippen LogP) is 6.44. The largest absolute Gasteiger partial charge is 0.350 e. The Morgan fingerprint density at radius 2 is 1.49 bits per heavy atom. The minimum Gasteiger partial charge on any atom is -0.350 e. The molecular formula is C24H28Cl5N3O4S. The summed E-state index contributed by atoms with van der Waals surface area (Å²) in [6, 6.07) is 6.47. The average molecular weight is 632 g/mol. The van der Waals surface area contributed by atoms with Gasteiger partial charge >= 0.3 is 0 Å². The fourth-order valence-electron chi connectivity index (χ4n) is 3.52. The Labute approximate surface area is 243 Å². The van der Waals surface area contributed by atoms with Gasteiger partial charge in [-0.1, -0.05) is 71.0 Å². The van der Waals surface area contributed by atoms with Crippen LogP contribution in [0.25, 0.3) is 0 Å². The minimum atomic E-state index is -4.02. The van der Waals surface area contributed by atoms with Crippen molar-refractivity contribution in [1.82, 2.24) is 10.2 Å². The van der Waals surface area contributed by atoms with E-state index >= 15 is 0 Å². The van der Waals surface area contributed by atoms with Crippen LogP contribution in [0.2, 0.25) is 25.1 Å². The number of carbonyl (C=O) groups excluding carboxylic acids is 2. The highest BCUT2D eigenvalue weighted by atomic mass is 35.5. The van der Waals surface area contributed by atoms with Crippen molar-refractivity contribution in [3.63, 3.8) is 0 Å². The second-order valence-electron chi connectivity index (χ2n) is 9.37.